The summed E-state index contributed by atoms with van der Waals surface area (Å²) in [5.41, 5.74) is -1.20. The molecule has 4 aliphatic carbocycles. The van der Waals surface area contributed by atoms with Crippen molar-refractivity contribution < 1.29 is 29.3 Å². The number of hydrogen-bond acceptors (Lipinski definition) is 6. The Bertz CT molecular complexity index is 857. The Morgan fingerprint density at radius 2 is 1.81 bits per heavy atom. The highest BCUT2D eigenvalue weighted by Crippen LogP contribution is 2.70. The summed E-state index contributed by atoms with van der Waals surface area (Å²) in [7, 11) is 0. The molecule has 1 heterocycles. The molecule has 0 spiro atoms. The normalized spacial score (nSPS) is 50.0. The Balaban J connectivity index is 1.41. The van der Waals surface area contributed by atoms with Crippen LogP contribution in [0, 0.1) is 28.6 Å². The average molecular weight is 511 g/mol. The van der Waals surface area contributed by atoms with E-state index >= 15 is 0 Å². The highest BCUT2D eigenvalue weighted by Gasteiger charge is 2.70. The predicted molar refractivity (Wildman–Crippen MR) is 121 cm³/mol. The van der Waals surface area contributed by atoms with Crippen molar-refractivity contribution in [3.63, 3.8) is 0 Å². The zero-order valence-corrected chi connectivity index (χ0v) is 20.7. The molecule has 7 heteroatoms. The number of rotatable bonds is 3. The molecule has 178 valence electrons. The lowest BCUT2D eigenvalue weighted by Crippen LogP contribution is -2.67. The van der Waals surface area contributed by atoms with Crippen LogP contribution in [0.1, 0.15) is 71.6 Å². The lowest BCUT2D eigenvalue weighted by molar-refractivity contribution is -0.256. The summed E-state index contributed by atoms with van der Waals surface area (Å²) < 4.78 is 10.8. The number of cyclic esters (lactones) is 1. The third-order valence-corrected chi connectivity index (χ3v) is 10.9. The summed E-state index contributed by atoms with van der Waals surface area (Å²) in [5, 5.41) is 24.3. The first-order chi connectivity index (χ1) is 15.1. The minimum Gasteiger partial charge on any atom is -0.462 e. The van der Waals surface area contributed by atoms with Gasteiger partial charge >= 0.3 is 11.9 Å². The molecule has 4 saturated carbocycles. The molecule has 2 N–H and O–H groups in total. The molecule has 0 saturated heterocycles. The highest BCUT2D eigenvalue weighted by molar-refractivity contribution is 9.09. The average Bonchev–Trinajstić information content (AvgIpc) is 3.29. The maximum absolute atomic E-state index is 12.2. The SMILES string of the molecule is CC12CC[C@H]3[C@@H](CCC4(O)CC(OC(=O)CBr)CCC34C)C1(O)CCC2C1=CC(=O)OC1. The maximum Gasteiger partial charge on any atom is 0.331 e. The number of fused-ring (bicyclic) bond motifs is 5. The highest BCUT2D eigenvalue weighted by atomic mass is 79.9. The van der Waals surface area contributed by atoms with Gasteiger partial charge in [-0.3, -0.25) is 4.79 Å². The number of aliphatic hydroxyl groups is 2. The lowest BCUT2D eigenvalue weighted by Gasteiger charge is -2.66. The van der Waals surface area contributed by atoms with Crippen molar-refractivity contribution in [2.24, 2.45) is 28.6 Å². The van der Waals surface area contributed by atoms with E-state index in [9.17, 15) is 19.8 Å². The minimum absolute atomic E-state index is 0.136. The van der Waals surface area contributed by atoms with Crippen molar-refractivity contribution >= 4 is 27.9 Å². The number of carbonyl (C=O) groups is 2. The van der Waals surface area contributed by atoms with E-state index in [4.69, 9.17) is 9.47 Å². The Morgan fingerprint density at radius 3 is 2.50 bits per heavy atom. The van der Waals surface area contributed by atoms with Crippen LogP contribution < -0.4 is 0 Å². The van der Waals surface area contributed by atoms with Crippen molar-refractivity contribution in [2.75, 3.05) is 11.9 Å². The van der Waals surface area contributed by atoms with Gasteiger partial charge in [-0.15, -0.1) is 0 Å². The van der Waals surface area contributed by atoms with Crippen LogP contribution in [0.25, 0.3) is 0 Å². The van der Waals surface area contributed by atoms with Gasteiger partial charge in [0, 0.05) is 17.9 Å². The van der Waals surface area contributed by atoms with E-state index in [1.807, 2.05) is 0 Å². The fourth-order valence-corrected chi connectivity index (χ4v) is 8.81. The monoisotopic (exact) mass is 510 g/mol. The topological polar surface area (TPSA) is 93.1 Å². The second-order valence-electron chi connectivity index (χ2n) is 11.5. The molecule has 0 aromatic rings. The van der Waals surface area contributed by atoms with Crippen LogP contribution in [0.3, 0.4) is 0 Å². The number of carbonyl (C=O) groups excluding carboxylic acids is 2. The first-order valence-corrected chi connectivity index (χ1v) is 13.3. The number of esters is 2. The van der Waals surface area contributed by atoms with Gasteiger partial charge < -0.3 is 19.7 Å². The molecular formula is C25H35BrO6. The second-order valence-corrected chi connectivity index (χ2v) is 12.0. The molecule has 0 radical (unpaired) electrons. The molecule has 1 aliphatic heterocycles. The van der Waals surface area contributed by atoms with Crippen molar-refractivity contribution in [3.05, 3.63) is 11.6 Å². The van der Waals surface area contributed by atoms with E-state index in [2.05, 4.69) is 29.8 Å². The standard InChI is InChI=1S/C25H35BrO6/c1-22-7-3-16(32-21(28)13-26)12-24(22,29)9-5-19-18(22)4-8-23(2)17(6-10-25(19,23)30)15-11-20(27)31-14-15/h11,16-19,29-30H,3-10,12-14H2,1-2H3/t16?,17?,18-,19+,22?,23?,24?,25?/m0/s1. The minimum atomic E-state index is -0.875. The molecular weight excluding hydrogens is 476 g/mol. The summed E-state index contributed by atoms with van der Waals surface area (Å²) in [6.45, 7) is 4.77. The molecule has 0 aromatic carbocycles. The molecule has 5 aliphatic rings. The van der Waals surface area contributed by atoms with Crippen LogP contribution in [0.15, 0.2) is 11.6 Å². The van der Waals surface area contributed by atoms with Crippen LogP contribution in [-0.4, -0.2) is 51.4 Å². The van der Waals surface area contributed by atoms with Gasteiger partial charge in [0.25, 0.3) is 0 Å². The van der Waals surface area contributed by atoms with Gasteiger partial charge in [0.2, 0.25) is 0 Å². The first kappa shape index (κ1) is 22.9. The molecule has 6 nitrogen and oxygen atoms in total. The molecule has 32 heavy (non-hydrogen) atoms. The Hall–Kier alpha value is -0.920. The van der Waals surface area contributed by atoms with Crippen LogP contribution in [0.4, 0.5) is 0 Å². The molecule has 8 atom stereocenters. The van der Waals surface area contributed by atoms with Crippen molar-refractivity contribution in [2.45, 2.75) is 88.9 Å². The molecule has 0 aromatic heterocycles. The van der Waals surface area contributed by atoms with Crippen molar-refractivity contribution in [3.8, 4) is 0 Å². The van der Waals surface area contributed by atoms with E-state index in [0.29, 0.717) is 19.4 Å². The van der Waals surface area contributed by atoms with Gasteiger partial charge in [-0.1, -0.05) is 29.8 Å². The van der Waals surface area contributed by atoms with E-state index in [-0.39, 0.29) is 52.0 Å². The van der Waals surface area contributed by atoms with Gasteiger partial charge in [-0.2, -0.15) is 0 Å². The third kappa shape index (κ3) is 3.02. The van der Waals surface area contributed by atoms with Gasteiger partial charge in [0.1, 0.15) is 18.0 Å². The van der Waals surface area contributed by atoms with Gasteiger partial charge in [-0.25, -0.2) is 4.79 Å². The van der Waals surface area contributed by atoms with Crippen LogP contribution >= 0.6 is 15.9 Å². The smallest absolute Gasteiger partial charge is 0.331 e. The fourth-order valence-electron chi connectivity index (χ4n) is 8.68. The van der Waals surface area contributed by atoms with E-state index in [0.717, 1.165) is 50.5 Å². The van der Waals surface area contributed by atoms with Crippen molar-refractivity contribution in [1.82, 2.24) is 0 Å². The number of hydrogen-bond donors (Lipinski definition) is 2. The van der Waals surface area contributed by atoms with Crippen LogP contribution in [-0.2, 0) is 19.1 Å². The largest absolute Gasteiger partial charge is 0.462 e. The maximum atomic E-state index is 12.2. The third-order valence-electron chi connectivity index (χ3n) is 10.5. The molecule has 4 fully saturated rings. The van der Waals surface area contributed by atoms with Crippen LogP contribution in [0.2, 0.25) is 0 Å². The van der Waals surface area contributed by atoms with Gasteiger partial charge in [0.15, 0.2) is 0 Å². The lowest BCUT2D eigenvalue weighted by atomic mass is 9.42. The molecule has 0 amide bonds. The summed E-state index contributed by atoms with van der Waals surface area (Å²) in [6.07, 6.45) is 8.31. The predicted octanol–water partition coefficient (Wildman–Crippen LogP) is 3.67. The summed E-state index contributed by atoms with van der Waals surface area (Å²) >= 11 is 3.15. The first-order valence-electron chi connectivity index (χ1n) is 12.1. The quantitative estimate of drug-likeness (QED) is 0.444. The molecule has 5 rings (SSSR count). The van der Waals surface area contributed by atoms with Gasteiger partial charge in [-0.05, 0) is 80.1 Å². The summed E-state index contributed by atoms with van der Waals surface area (Å²) in [4.78, 5) is 23.5. The number of ether oxygens (including phenoxy) is 2. The Kier molecular flexibility index (Phi) is 5.38. The van der Waals surface area contributed by atoms with Crippen LogP contribution in [0.5, 0.6) is 0 Å². The van der Waals surface area contributed by atoms with Crippen molar-refractivity contribution in [1.29, 1.82) is 0 Å². The summed E-state index contributed by atoms with van der Waals surface area (Å²) in [5.74, 6) is 0.00527. The zero-order chi connectivity index (χ0) is 22.9. The fraction of sp³-hybridized carbons (Fsp3) is 0.840. The summed E-state index contributed by atoms with van der Waals surface area (Å²) in [6, 6.07) is 0. The zero-order valence-electron chi connectivity index (χ0n) is 19.1. The van der Waals surface area contributed by atoms with Gasteiger partial charge in [0.05, 0.1) is 11.2 Å². The molecule has 0 bridgehead atoms. The van der Waals surface area contributed by atoms with E-state index in [1.54, 1.807) is 6.08 Å². The van der Waals surface area contributed by atoms with E-state index in [1.165, 1.54) is 0 Å². The number of alkyl halides is 1. The Morgan fingerprint density at radius 1 is 1.09 bits per heavy atom. The van der Waals surface area contributed by atoms with E-state index < -0.39 is 11.2 Å². The molecule has 6 unspecified atom stereocenters. The second kappa shape index (κ2) is 7.54. The Labute approximate surface area is 198 Å². The number of halogens is 1.